The molecule has 0 heterocycles. The van der Waals surface area contributed by atoms with Crippen LogP contribution in [0.3, 0.4) is 0 Å². The molecule has 0 spiro atoms. The molecule has 0 radical (unpaired) electrons. The number of benzene rings is 2. The third kappa shape index (κ3) is 8.69. The summed E-state index contributed by atoms with van der Waals surface area (Å²) in [5, 5.41) is 9.78. The van der Waals surface area contributed by atoms with Crippen molar-refractivity contribution in [1.82, 2.24) is 0 Å². The highest BCUT2D eigenvalue weighted by Crippen LogP contribution is 2.15. The lowest BCUT2D eigenvalue weighted by molar-refractivity contribution is -0.192. The Hall–Kier alpha value is -3.47. The van der Waals surface area contributed by atoms with E-state index in [4.69, 9.17) is 20.4 Å². The van der Waals surface area contributed by atoms with Crippen molar-refractivity contribution >= 4 is 17.6 Å². The molecule has 2 aromatic rings. The summed E-state index contributed by atoms with van der Waals surface area (Å²) in [4.78, 5) is 20.9. The quantitative estimate of drug-likeness (QED) is 0.601. The van der Waals surface area contributed by atoms with Gasteiger partial charge < -0.3 is 20.9 Å². The van der Waals surface area contributed by atoms with Gasteiger partial charge in [-0.3, -0.25) is 4.79 Å². The summed E-state index contributed by atoms with van der Waals surface area (Å²) >= 11 is 0. The molecule has 0 aromatic heterocycles. The minimum Gasteiger partial charge on any atom is -0.489 e. The van der Waals surface area contributed by atoms with Crippen molar-refractivity contribution in [2.75, 3.05) is 18.5 Å². The molecule has 6 nitrogen and oxygen atoms in total. The summed E-state index contributed by atoms with van der Waals surface area (Å²) in [5.41, 5.74) is 6.58. The number of anilines is 1. The first-order valence-electron chi connectivity index (χ1n) is 8.15. The van der Waals surface area contributed by atoms with Gasteiger partial charge in [-0.05, 0) is 48.5 Å². The molecule has 30 heavy (non-hydrogen) atoms. The fourth-order valence-corrected chi connectivity index (χ4v) is 1.75. The van der Waals surface area contributed by atoms with Crippen LogP contribution in [-0.2, 0) is 4.79 Å². The van der Waals surface area contributed by atoms with Gasteiger partial charge in [0.2, 0.25) is 0 Å². The molecule has 0 aliphatic rings. The molecule has 0 aliphatic carbocycles. The van der Waals surface area contributed by atoms with Crippen LogP contribution in [0.1, 0.15) is 10.4 Å². The number of carbonyl (C=O) groups excluding carboxylic acids is 1. The van der Waals surface area contributed by atoms with Crippen LogP contribution in [0.5, 0.6) is 5.75 Å². The Morgan fingerprint density at radius 3 is 2.03 bits per heavy atom. The van der Waals surface area contributed by atoms with Gasteiger partial charge in [0, 0.05) is 23.4 Å². The molecular weight excluding hydrogens is 415 g/mol. The highest BCUT2D eigenvalue weighted by molar-refractivity contribution is 6.04. The van der Waals surface area contributed by atoms with Gasteiger partial charge in [0.05, 0.1) is 6.33 Å². The van der Waals surface area contributed by atoms with E-state index in [1.807, 2.05) is 0 Å². The van der Waals surface area contributed by atoms with E-state index in [0.717, 1.165) is 0 Å². The van der Waals surface area contributed by atoms with Crippen LogP contribution in [0.25, 0.3) is 0 Å². The van der Waals surface area contributed by atoms with Crippen molar-refractivity contribution in [3.05, 3.63) is 71.8 Å². The summed E-state index contributed by atoms with van der Waals surface area (Å²) in [6.07, 6.45) is -4.66. The van der Waals surface area contributed by atoms with Crippen molar-refractivity contribution in [3.63, 3.8) is 0 Å². The molecule has 0 atom stereocenters. The zero-order chi connectivity index (χ0) is 22.7. The van der Waals surface area contributed by atoms with Crippen LogP contribution in [-0.4, -0.2) is 36.3 Å². The Morgan fingerprint density at radius 2 is 1.60 bits per heavy atom. The average molecular weight is 432 g/mol. The Morgan fingerprint density at radius 1 is 1.07 bits per heavy atom. The smallest absolute Gasteiger partial charge is 0.489 e. The number of carboxylic acid groups (broad SMARTS) is 1. The highest BCUT2D eigenvalue weighted by atomic mass is 19.4. The number of halogens is 5. The first-order chi connectivity index (χ1) is 14.1. The molecule has 0 bridgehead atoms. The number of carboxylic acids is 1. The lowest BCUT2D eigenvalue weighted by Crippen LogP contribution is -2.21. The van der Waals surface area contributed by atoms with Gasteiger partial charge in [0.1, 0.15) is 18.2 Å². The number of hydrogen-bond donors (Lipinski definition) is 3. The summed E-state index contributed by atoms with van der Waals surface area (Å²) in [6, 6.07) is 11.8. The number of carbonyl (C=O) groups is 2. The van der Waals surface area contributed by atoms with E-state index in [0.29, 0.717) is 28.9 Å². The number of hydrogen-bond acceptors (Lipinski definition) is 4. The van der Waals surface area contributed by atoms with Crippen LogP contribution < -0.4 is 15.8 Å². The second kappa shape index (κ2) is 11.5. The van der Waals surface area contributed by atoms with Gasteiger partial charge in [0.15, 0.2) is 0 Å². The maximum atomic E-state index is 12.8. The zero-order valence-electron chi connectivity index (χ0n) is 15.2. The lowest BCUT2D eigenvalue weighted by Gasteiger charge is -2.08. The normalized spacial score (nSPS) is 11.2. The molecule has 0 unspecified atom stereocenters. The fraction of sp³-hybridized carbons (Fsp3) is 0.158. The molecular formula is C19H17F5N2O4. The minimum atomic E-state index is -5.08. The van der Waals surface area contributed by atoms with Crippen LogP contribution in [0.2, 0.25) is 0 Å². The summed E-state index contributed by atoms with van der Waals surface area (Å²) < 4.78 is 62.3. The molecule has 11 heteroatoms. The molecule has 2 aromatic carbocycles. The topological polar surface area (TPSA) is 102 Å². The summed E-state index contributed by atoms with van der Waals surface area (Å²) in [5.74, 6) is -2.96. The molecule has 0 aliphatic heterocycles. The number of nitrogens with one attached hydrogen (secondary N) is 1. The van der Waals surface area contributed by atoms with Crippen LogP contribution in [0.4, 0.5) is 27.6 Å². The van der Waals surface area contributed by atoms with Gasteiger partial charge in [-0.25, -0.2) is 13.6 Å². The van der Waals surface area contributed by atoms with E-state index < -0.39 is 12.1 Å². The van der Waals surface area contributed by atoms with E-state index in [-0.39, 0.29) is 24.9 Å². The van der Waals surface area contributed by atoms with Crippen LogP contribution in [0.15, 0.2) is 60.4 Å². The third-order valence-electron chi connectivity index (χ3n) is 3.30. The van der Waals surface area contributed by atoms with Crippen LogP contribution in [0, 0.1) is 5.82 Å². The predicted molar refractivity (Wildman–Crippen MR) is 98.2 cm³/mol. The van der Waals surface area contributed by atoms with Crippen molar-refractivity contribution in [1.29, 1.82) is 0 Å². The molecule has 0 saturated heterocycles. The van der Waals surface area contributed by atoms with Gasteiger partial charge in [-0.1, -0.05) is 0 Å². The Bertz CT molecular complexity index is 866. The van der Waals surface area contributed by atoms with Crippen LogP contribution >= 0.6 is 0 Å². The second-order valence-electron chi connectivity index (χ2n) is 5.55. The largest absolute Gasteiger partial charge is 0.490 e. The standard InChI is InChI=1S/C17H16F2N2O2.C2HF3O2/c18-9-12(10-20)11-23-16-7-1-13(2-8-16)17(22)21-15-5-3-14(19)4-6-15;3-2(4,5)1(6)7/h1-9H,10-11,20H2,(H,21,22);(H,6,7)/b12-9+;. The molecule has 4 N–H and O–H groups in total. The summed E-state index contributed by atoms with van der Waals surface area (Å²) in [6.45, 7) is 0.128. The maximum absolute atomic E-state index is 12.8. The number of alkyl halides is 3. The Labute approximate surface area is 167 Å². The number of aliphatic carboxylic acids is 1. The molecule has 0 saturated carbocycles. The fourth-order valence-electron chi connectivity index (χ4n) is 1.75. The van der Waals surface area contributed by atoms with Crippen molar-refractivity contribution in [3.8, 4) is 5.75 Å². The van der Waals surface area contributed by atoms with Crippen molar-refractivity contribution in [2.45, 2.75) is 6.18 Å². The lowest BCUT2D eigenvalue weighted by atomic mass is 10.2. The zero-order valence-corrected chi connectivity index (χ0v) is 15.2. The van der Waals surface area contributed by atoms with Crippen molar-refractivity contribution in [2.24, 2.45) is 5.73 Å². The molecule has 162 valence electrons. The highest BCUT2D eigenvalue weighted by Gasteiger charge is 2.38. The van der Waals surface area contributed by atoms with E-state index >= 15 is 0 Å². The maximum Gasteiger partial charge on any atom is 0.490 e. The second-order valence-corrected chi connectivity index (χ2v) is 5.55. The van der Waals surface area contributed by atoms with Gasteiger partial charge in [-0.15, -0.1) is 0 Å². The predicted octanol–water partition coefficient (Wildman–Crippen LogP) is 3.90. The first-order valence-corrected chi connectivity index (χ1v) is 8.15. The molecule has 2 rings (SSSR count). The van der Waals surface area contributed by atoms with E-state index in [9.17, 15) is 26.7 Å². The number of rotatable bonds is 6. The van der Waals surface area contributed by atoms with Gasteiger partial charge in [-0.2, -0.15) is 13.2 Å². The first kappa shape index (κ1) is 24.6. The minimum absolute atomic E-state index is 0.0497. The third-order valence-corrected chi connectivity index (χ3v) is 3.30. The Kier molecular flexibility index (Phi) is 9.43. The summed E-state index contributed by atoms with van der Waals surface area (Å²) in [7, 11) is 0. The molecule has 0 fully saturated rings. The van der Waals surface area contributed by atoms with Gasteiger partial charge >= 0.3 is 12.1 Å². The average Bonchev–Trinajstić information content (AvgIpc) is 2.70. The van der Waals surface area contributed by atoms with Gasteiger partial charge in [0.25, 0.3) is 5.91 Å². The van der Waals surface area contributed by atoms with E-state index in [1.165, 1.54) is 24.3 Å². The number of nitrogens with two attached hydrogens (primary N) is 1. The monoisotopic (exact) mass is 432 g/mol. The van der Waals surface area contributed by atoms with Crippen molar-refractivity contribution < 1.29 is 41.4 Å². The molecule has 1 amide bonds. The number of amides is 1. The van der Waals surface area contributed by atoms with E-state index in [1.54, 1.807) is 24.3 Å². The Balaban J connectivity index is 0.000000553. The number of ether oxygens (including phenoxy) is 1. The van der Waals surface area contributed by atoms with E-state index in [2.05, 4.69) is 5.32 Å². The SMILES string of the molecule is NC/C(=C\F)COc1ccc(C(=O)Nc2ccc(F)cc2)cc1.O=C(O)C(F)(F)F.